The summed E-state index contributed by atoms with van der Waals surface area (Å²) in [6, 6.07) is 63.8. The van der Waals surface area contributed by atoms with Crippen LogP contribution in [0.1, 0.15) is 0 Å². The molecule has 0 atom stereocenters. The summed E-state index contributed by atoms with van der Waals surface area (Å²) in [4.78, 5) is 9.42. The van der Waals surface area contributed by atoms with Gasteiger partial charge in [0.2, 0.25) is 0 Å². The van der Waals surface area contributed by atoms with Crippen molar-refractivity contribution < 1.29 is 0 Å². The van der Waals surface area contributed by atoms with Gasteiger partial charge in [0.05, 0.1) is 5.69 Å². The molecule has 6 aromatic carbocycles. The molecule has 0 aliphatic rings. The van der Waals surface area contributed by atoms with Crippen LogP contribution in [0.4, 0.5) is 34.1 Å². The lowest BCUT2D eigenvalue weighted by atomic mass is 10.0. The third kappa shape index (κ3) is 5.76. The van der Waals surface area contributed by atoms with Crippen LogP contribution in [0.2, 0.25) is 0 Å². The fourth-order valence-corrected chi connectivity index (χ4v) is 6.09. The number of rotatable bonds is 8. The molecule has 0 unspecified atom stereocenters. The highest BCUT2D eigenvalue weighted by molar-refractivity contribution is 5.82. The van der Waals surface area contributed by atoms with Crippen LogP contribution in [0, 0.1) is 0 Å². The van der Waals surface area contributed by atoms with Crippen LogP contribution in [-0.4, -0.2) is 9.38 Å². The quantitative estimate of drug-likeness (QED) is 0.172. The van der Waals surface area contributed by atoms with Crippen molar-refractivity contribution in [3.63, 3.8) is 0 Å². The van der Waals surface area contributed by atoms with Gasteiger partial charge in [-0.1, -0.05) is 97.1 Å². The van der Waals surface area contributed by atoms with Gasteiger partial charge in [0, 0.05) is 52.1 Å². The molecule has 0 amide bonds. The Labute approximate surface area is 275 Å². The van der Waals surface area contributed by atoms with E-state index in [0.29, 0.717) is 0 Å². The number of aromatic nitrogens is 2. The van der Waals surface area contributed by atoms with E-state index >= 15 is 0 Å². The number of imidazole rings is 1. The molecular formula is C43H32N4. The molecule has 0 saturated carbocycles. The fraction of sp³-hybridized carbons (Fsp3) is 0. The summed E-state index contributed by atoms with van der Waals surface area (Å²) in [6.45, 7) is 0. The maximum Gasteiger partial charge on any atom is 0.137 e. The van der Waals surface area contributed by atoms with Gasteiger partial charge in [0.25, 0.3) is 0 Å². The van der Waals surface area contributed by atoms with Crippen LogP contribution in [0.15, 0.2) is 194 Å². The Morgan fingerprint density at radius 2 is 0.723 bits per heavy atom. The maximum absolute atomic E-state index is 4.83. The Hall–Kier alpha value is -6.39. The van der Waals surface area contributed by atoms with E-state index in [0.717, 1.165) is 51.0 Å². The summed E-state index contributed by atoms with van der Waals surface area (Å²) in [7, 11) is 0. The standard InChI is InChI=1S/C43H32N4/c1-4-12-33(13-5-1)34-19-23-38(24-20-34)47(39-25-21-35(22-26-39)42-32-45-31-11-10-18-43(45)44-42)41-29-27-40(28-30-41)46(36-14-6-2-7-15-36)37-16-8-3-9-17-37/h1-32H. The number of hydrogen-bond acceptors (Lipinski definition) is 3. The Morgan fingerprint density at radius 3 is 1.21 bits per heavy atom. The van der Waals surface area contributed by atoms with Crippen molar-refractivity contribution in [1.29, 1.82) is 0 Å². The van der Waals surface area contributed by atoms with E-state index < -0.39 is 0 Å². The Morgan fingerprint density at radius 1 is 0.340 bits per heavy atom. The van der Waals surface area contributed by atoms with Crippen molar-refractivity contribution in [2.24, 2.45) is 0 Å². The lowest BCUT2D eigenvalue weighted by molar-refractivity contribution is 1.19. The summed E-state index contributed by atoms with van der Waals surface area (Å²) in [6.07, 6.45) is 4.11. The van der Waals surface area contributed by atoms with E-state index in [4.69, 9.17) is 4.98 Å². The van der Waals surface area contributed by atoms with Gasteiger partial charge in [-0.3, -0.25) is 0 Å². The first-order valence-electron chi connectivity index (χ1n) is 15.8. The monoisotopic (exact) mass is 604 g/mol. The van der Waals surface area contributed by atoms with Gasteiger partial charge in [-0.2, -0.15) is 0 Å². The maximum atomic E-state index is 4.83. The van der Waals surface area contributed by atoms with Crippen LogP contribution in [0.5, 0.6) is 0 Å². The highest BCUT2D eigenvalue weighted by atomic mass is 15.2. The zero-order chi connectivity index (χ0) is 31.4. The molecule has 47 heavy (non-hydrogen) atoms. The van der Waals surface area contributed by atoms with Crippen molar-refractivity contribution in [3.05, 3.63) is 194 Å². The van der Waals surface area contributed by atoms with E-state index in [-0.39, 0.29) is 0 Å². The first kappa shape index (κ1) is 28.1. The highest BCUT2D eigenvalue weighted by Gasteiger charge is 2.16. The van der Waals surface area contributed by atoms with Crippen LogP contribution >= 0.6 is 0 Å². The predicted octanol–water partition coefficient (Wildman–Crippen LogP) is 11.6. The second kappa shape index (κ2) is 12.5. The van der Waals surface area contributed by atoms with Gasteiger partial charge in [0.1, 0.15) is 5.65 Å². The average molecular weight is 605 g/mol. The Kier molecular flexibility index (Phi) is 7.50. The van der Waals surface area contributed by atoms with E-state index in [1.807, 2.05) is 24.4 Å². The molecule has 0 saturated heterocycles. The van der Waals surface area contributed by atoms with Crippen molar-refractivity contribution in [3.8, 4) is 22.4 Å². The van der Waals surface area contributed by atoms with E-state index in [1.165, 1.54) is 11.1 Å². The number of anilines is 6. The normalized spacial score (nSPS) is 11.0. The zero-order valence-electron chi connectivity index (χ0n) is 25.8. The second-order valence-electron chi connectivity index (χ2n) is 11.4. The van der Waals surface area contributed by atoms with Crippen molar-refractivity contribution >= 4 is 39.8 Å². The van der Waals surface area contributed by atoms with Gasteiger partial charge in [-0.05, 0) is 96.1 Å². The first-order chi connectivity index (χ1) is 23.3. The molecule has 0 N–H and O–H groups in total. The summed E-state index contributed by atoms with van der Waals surface area (Å²) < 4.78 is 2.06. The minimum atomic E-state index is 0.937. The summed E-state index contributed by atoms with van der Waals surface area (Å²) in [5.74, 6) is 0. The molecule has 8 aromatic rings. The number of para-hydroxylation sites is 2. The molecule has 4 heteroatoms. The molecule has 0 aliphatic carbocycles. The SMILES string of the molecule is c1ccc(-c2ccc(N(c3ccc(-c4cn5ccccc5n4)cc3)c3ccc(N(c4ccccc4)c4ccccc4)cc3)cc2)cc1. The highest BCUT2D eigenvalue weighted by Crippen LogP contribution is 2.40. The van der Waals surface area contributed by atoms with Gasteiger partial charge >= 0.3 is 0 Å². The average Bonchev–Trinajstić information content (AvgIpc) is 3.59. The van der Waals surface area contributed by atoms with E-state index in [1.54, 1.807) is 0 Å². The third-order valence-corrected chi connectivity index (χ3v) is 8.41. The van der Waals surface area contributed by atoms with Gasteiger partial charge in [0.15, 0.2) is 0 Å². The second-order valence-corrected chi connectivity index (χ2v) is 11.4. The minimum absolute atomic E-state index is 0.937. The lowest BCUT2D eigenvalue weighted by Gasteiger charge is -2.28. The van der Waals surface area contributed by atoms with E-state index in [9.17, 15) is 0 Å². The molecule has 0 fully saturated rings. The van der Waals surface area contributed by atoms with E-state index in [2.05, 4.69) is 184 Å². The topological polar surface area (TPSA) is 23.8 Å². The molecular weight excluding hydrogens is 573 g/mol. The molecule has 8 rings (SSSR count). The summed E-state index contributed by atoms with van der Waals surface area (Å²) in [5, 5.41) is 0. The number of hydrogen-bond donors (Lipinski definition) is 0. The molecule has 0 aliphatic heterocycles. The van der Waals surface area contributed by atoms with Crippen molar-refractivity contribution in [1.82, 2.24) is 9.38 Å². The van der Waals surface area contributed by atoms with Gasteiger partial charge in [-0.15, -0.1) is 0 Å². The molecule has 2 heterocycles. The van der Waals surface area contributed by atoms with Crippen LogP contribution < -0.4 is 9.80 Å². The van der Waals surface area contributed by atoms with Crippen molar-refractivity contribution in [2.75, 3.05) is 9.80 Å². The predicted molar refractivity (Wildman–Crippen MR) is 195 cm³/mol. The van der Waals surface area contributed by atoms with Gasteiger partial charge in [-0.25, -0.2) is 4.98 Å². The van der Waals surface area contributed by atoms with Gasteiger partial charge < -0.3 is 14.2 Å². The first-order valence-corrected chi connectivity index (χ1v) is 15.8. The Bertz CT molecular complexity index is 2140. The number of fused-ring (bicyclic) bond motifs is 1. The zero-order valence-corrected chi connectivity index (χ0v) is 25.8. The molecule has 4 nitrogen and oxygen atoms in total. The number of nitrogens with zero attached hydrogens (tertiary/aromatic N) is 4. The summed E-state index contributed by atoms with van der Waals surface area (Å²) >= 11 is 0. The molecule has 2 aromatic heterocycles. The molecule has 0 radical (unpaired) electrons. The van der Waals surface area contributed by atoms with Crippen LogP contribution in [0.3, 0.4) is 0 Å². The van der Waals surface area contributed by atoms with Crippen molar-refractivity contribution in [2.45, 2.75) is 0 Å². The fourth-order valence-electron chi connectivity index (χ4n) is 6.09. The molecule has 0 bridgehead atoms. The Balaban J connectivity index is 1.18. The number of pyridine rings is 1. The molecule has 224 valence electrons. The largest absolute Gasteiger partial charge is 0.311 e. The van der Waals surface area contributed by atoms with Crippen LogP contribution in [-0.2, 0) is 0 Å². The van der Waals surface area contributed by atoms with Crippen LogP contribution in [0.25, 0.3) is 28.0 Å². The smallest absolute Gasteiger partial charge is 0.137 e. The molecule has 0 spiro atoms. The summed E-state index contributed by atoms with van der Waals surface area (Å²) in [5.41, 5.74) is 11.9. The number of benzene rings is 6. The lowest BCUT2D eigenvalue weighted by Crippen LogP contribution is -2.12. The minimum Gasteiger partial charge on any atom is -0.311 e. The third-order valence-electron chi connectivity index (χ3n) is 8.41.